The van der Waals surface area contributed by atoms with E-state index in [1.54, 1.807) is 17.2 Å². The van der Waals surface area contributed by atoms with Gasteiger partial charge in [-0.3, -0.25) is 9.69 Å². The van der Waals surface area contributed by atoms with E-state index >= 15 is 0 Å². The fourth-order valence-corrected chi connectivity index (χ4v) is 3.74. The van der Waals surface area contributed by atoms with Crippen molar-refractivity contribution in [2.24, 2.45) is 0 Å². The Hall–Kier alpha value is -3.25. The molecule has 5 nitrogen and oxygen atoms in total. The number of imidazole rings is 1. The lowest BCUT2D eigenvalue weighted by molar-refractivity contribution is 0.0985. The van der Waals surface area contributed by atoms with Gasteiger partial charge in [0.15, 0.2) is 5.13 Å². The minimum absolute atomic E-state index is 0.188. The topological polar surface area (TPSA) is 50.5 Å². The van der Waals surface area contributed by atoms with E-state index in [1.165, 1.54) is 11.3 Å². The molecule has 4 aromatic rings. The molecular formula is C21H18N4OS. The van der Waals surface area contributed by atoms with E-state index in [0.717, 1.165) is 22.6 Å². The molecule has 1 amide bonds. The van der Waals surface area contributed by atoms with Crippen molar-refractivity contribution < 1.29 is 4.79 Å². The monoisotopic (exact) mass is 374 g/mol. The van der Waals surface area contributed by atoms with Crippen molar-refractivity contribution >= 4 is 28.0 Å². The van der Waals surface area contributed by atoms with Gasteiger partial charge in [0, 0.05) is 29.4 Å². The summed E-state index contributed by atoms with van der Waals surface area (Å²) >= 11 is 1.44. The fourth-order valence-electron chi connectivity index (χ4n) is 2.90. The van der Waals surface area contributed by atoms with Gasteiger partial charge in [0.2, 0.25) is 0 Å². The molecule has 0 atom stereocenters. The summed E-state index contributed by atoms with van der Waals surface area (Å²) < 4.78 is 1.91. The number of anilines is 1. The van der Waals surface area contributed by atoms with Gasteiger partial charge in [-0.25, -0.2) is 9.97 Å². The number of aryl methyl sites for hydroxylation is 1. The van der Waals surface area contributed by atoms with Gasteiger partial charge < -0.3 is 4.40 Å². The summed E-state index contributed by atoms with van der Waals surface area (Å²) in [5, 5.41) is 2.59. The summed E-state index contributed by atoms with van der Waals surface area (Å²) in [5.74, 6) is -0.188. The summed E-state index contributed by atoms with van der Waals surface area (Å²) in [7, 11) is 0. The Labute approximate surface area is 161 Å². The number of aromatic nitrogens is 3. The second-order valence-electron chi connectivity index (χ2n) is 6.11. The van der Waals surface area contributed by atoms with Crippen LogP contribution in [0.5, 0.6) is 0 Å². The molecule has 0 aliphatic rings. The van der Waals surface area contributed by atoms with Crippen LogP contribution in [-0.4, -0.2) is 26.8 Å². The van der Waals surface area contributed by atoms with Gasteiger partial charge in [-0.15, -0.1) is 17.9 Å². The maximum atomic E-state index is 13.1. The standard InChI is InChI=1S/C21H18N4OS/c1-3-12-24(21-23-18(14-27-21)16-9-5-4-6-10-16)20(26)17-13-25-15(2)8-7-11-19(25)22-17/h3-11,13-14H,1,12H2,2H3. The van der Waals surface area contributed by atoms with Gasteiger partial charge in [0.05, 0.1) is 5.69 Å². The smallest absolute Gasteiger partial charge is 0.280 e. The number of hydrogen-bond donors (Lipinski definition) is 0. The molecule has 0 bridgehead atoms. The number of fused-ring (bicyclic) bond motifs is 1. The number of hydrogen-bond acceptors (Lipinski definition) is 4. The highest BCUT2D eigenvalue weighted by Crippen LogP contribution is 2.28. The summed E-state index contributed by atoms with van der Waals surface area (Å²) in [6.07, 6.45) is 3.47. The lowest BCUT2D eigenvalue weighted by atomic mass is 10.2. The van der Waals surface area contributed by atoms with Crippen molar-refractivity contribution in [2.45, 2.75) is 6.92 Å². The summed E-state index contributed by atoms with van der Waals surface area (Å²) in [4.78, 5) is 23.9. The quantitative estimate of drug-likeness (QED) is 0.480. The van der Waals surface area contributed by atoms with Gasteiger partial charge in [-0.1, -0.05) is 42.5 Å². The predicted octanol–water partition coefficient (Wildman–Crippen LogP) is 4.60. The molecule has 0 spiro atoms. The Balaban J connectivity index is 1.69. The Morgan fingerprint density at radius 3 is 2.74 bits per heavy atom. The molecular weight excluding hydrogens is 356 g/mol. The molecule has 1 aromatic carbocycles. The minimum Gasteiger partial charge on any atom is -0.304 e. The molecule has 6 heteroatoms. The molecule has 3 aromatic heterocycles. The number of carbonyl (C=O) groups excluding carboxylic acids is 1. The Morgan fingerprint density at radius 2 is 2.00 bits per heavy atom. The largest absolute Gasteiger partial charge is 0.304 e. The van der Waals surface area contributed by atoms with E-state index in [-0.39, 0.29) is 5.91 Å². The summed E-state index contributed by atoms with van der Waals surface area (Å²) in [6.45, 7) is 6.13. The van der Waals surface area contributed by atoms with Crippen molar-refractivity contribution in [3.05, 3.63) is 84.2 Å². The first-order valence-electron chi connectivity index (χ1n) is 8.56. The van der Waals surface area contributed by atoms with Crippen LogP contribution in [0.15, 0.2) is 72.8 Å². The first-order valence-corrected chi connectivity index (χ1v) is 9.44. The van der Waals surface area contributed by atoms with Crippen molar-refractivity contribution in [3.63, 3.8) is 0 Å². The maximum absolute atomic E-state index is 13.1. The average Bonchev–Trinajstić information content (AvgIpc) is 3.34. The Morgan fingerprint density at radius 1 is 1.19 bits per heavy atom. The zero-order valence-electron chi connectivity index (χ0n) is 14.9. The van der Waals surface area contributed by atoms with Crippen LogP contribution in [0, 0.1) is 6.92 Å². The maximum Gasteiger partial charge on any atom is 0.280 e. The first-order chi connectivity index (χ1) is 13.2. The molecule has 3 heterocycles. The van der Waals surface area contributed by atoms with Crippen LogP contribution >= 0.6 is 11.3 Å². The summed E-state index contributed by atoms with van der Waals surface area (Å²) in [5.41, 5.74) is 4.04. The van der Waals surface area contributed by atoms with E-state index in [4.69, 9.17) is 0 Å². The molecule has 0 aliphatic heterocycles. The summed E-state index contributed by atoms with van der Waals surface area (Å²) in [6, 6.07) is 15.7. The van der Waals surface area contributed by atoms with Gasteiger partial charge in [-0.05, 0) is 19.1 Å². The lowest BCUT2D eigenvalue weighted by Crippen LogP contribution is -2.31. The highest BCUT2D eigenvalue weighted by molar-refractivity contribution is 7.14. The Bertz CT molecular complexity index is 1110. The molecule has 0 radical (unpaired) electrons. The Kier molecular flexibility index (Phi) is 4.56. The van der Waals surface area contributed by atoms with E-state index in [1.807, 2.05) is 65.2 Å². The predicted molar refractivity (Wildman–Crippen MR) is 109 cm³/mol. The van der Waals surface area contributed by atoms with Gasteiger partial charge in [0.25, 0.3) is 5.91 Å². The number of nitrogens with zero attached hydrogens (tertiary/aromatic N) is 4. The van der Waals surface area contributed by atoms with Crippen LogP contribution in [0.4, 0.5) is 5.13 Å². The zero-order valence-corrected chi connectivity index (χ0v) is 15.7. The number of benzene rings is 1. The van der Waals surface area contributed by atoms with Crippen LogP contribution in [0.25, 0.3) is 16.9 Å². The molecule has 27 heavy (non-hydrogen) atoms. The second-order valence-corrected chi connectivity index (χ2v) is 6.94. The van der Waals surface area contributed by atoms with Crippen molar-refractivity contribution in [2.75, 3.05) is 11.4 Å². The van der Waals surface area contributed by atoms with E-state index in [2.05, 4.69) is 16.5 Å². The van der Waals surface area contributed by atoms with Gasteiger partial charge in [0.1, 0.15) is 11.3 Å². The average molecular weight is 374 g/mol. The number of pyridine rings is 1. The van der Waals surface area contributed by atoms with Crippen LogP contribution in [0.2, 0.25) is 0 Å². The van der Waals surface area contributed by atoms with Crippen LogP contribution in [-0.2, 0) is 0 Å². The second kappa shape index (κ2) is 7.17. The third-order valence-electron chi connectivity index (χ3n) is 4.26. The highest BCUT2D eigenvalue weighted by atomic mass is 32.1. The lowest BCUT2D eigenvalue weighted by Gasteiger charge is -2.16. The zero-order chi connectivity index (χ0) is 18.8. The van der Waals surface area contributed by atoms with Crippen molar-refractivity contribution in [1.82, 2.24) is 14.4 Å². The molecule has 0 saturated heterocycles. The molecule has 4 rings (SSSR count). The number of carbonyl (C=O) groups is 1. The van der Waals surface area contributed by atoms with Crippen LogP contribution < -0.4 is 4.90 Å². The number of rotatable bonds is 5. The third-order valence-corrected chi connectivity index (χ3v) is 5.13. The van der Waals surface area contributed by atoms with Crippen molar-refractivity contribution in [3.8, 4) is 11.3 Å². The molecule has 0 aliphatic carbocycles. The van der Waals surface area contributed by atoms with E-state index < -0.39 is 0 Å². The van der Waals surface area contributed by atoms with E-state index in [0.29, 0.717) is 17.4 Å². The number of amides is 1. The highest BCUT2D eigenvalue weighted by Gasteiger charge is 2.22. The van der Waals surface area contributed by atoms with Crippen LogP contribution in [0.1, 0.15) is 16.2 Å². The normalized spacial score (nSPS) is 10.9. The molecule has 134 valence electrons. The first kappa shape index (κ1) is 17.2. The van der Waals surface area contributed by atoms with Gasteiger partial charge >= 0.3 is 0 Å². The van der Waals surface area contributed by atoms with E-state index in [9.17, 15) is 4.79 Å². The number of thiazole rings is 1. The third kappa shape index (κ3) is 3.27. The molecule has 0 saturated carbocycles. The van der Waals surface area contributed by atoms with Crippen molar-refractivity contribution in [1.29, 1.82) is 0 Å². The fraction of sp³-hybridized carbons (Fsp3) is 0.0952. The van der Waals surface area contributed by atoms with Gasteiger partial charge in [-0.2, -0.15) is 0 Å². The molecule has 0 fully saturated rings. The molecule has 0 unspecified atom stereocenters. The van der Waals surface area contributed by atoms with Crippen LogP contribution in [0.3, 0.4) is 0 Å². The SMILES string of the molecule is C=CCN(C(=O)c1cn2c(C)cccc2n1)c1nc(-c2ccccc2)cs1. The molecule has 0 N–H and O–H groups in total. The minimum atomic E-state index is -0.188.